The second-order valence-corrected chi connectivity index (χ2v) is 6.69. The largest absolute Gasteiger partial charge is 0.497 e. The predicted molar refractivity (Wildman–Crippen MR) is 97.2 cm³/mol. The second kappa shape index (κ2) is 6.06. The zero-order chi connectivity index (χ0) is 17.5. The summed E-state index contributed by atoms with van der Waals surface area (Å²) < 4.78 is 17.9. The molecule has 0 atom stereocenters. The van der Waals surface area contributed by atoms with Crippen LogP contribution >= 0.6 is 11.8 Å². The monoisotopic (exact) mass is 366 g/mol. The number of ether oxygens (including phenoxy) is 3. The lowest BCUT2D eigenvalue weighted by molar-refractivity contribution is 0.174. The number of fused-ring (bicyclic) bond motifs is 2. The molecule has 2 aromatic carbocycles. The molecule has 7 nitrogen and oxygen atoms in total. The van der Waals surface area contributed by atoms with E-state index in [1.54, 1.807) is 23.5 Å². The molecular weight excluding hydrogens is 352 g/mol. The van der Waals surface area contributed by atoms with Gasteiger partial charge in [-0.15, -0.1) is 10.2 Å². The Morgan fingerprint density at radius 1 is 1.00 bits per heavy atom. The molecular formula is C18H14N4O3S. The van der Waals surface area contributed by atoms with E-state index in [9.17, 15) is 0 Å². The molecule has 8 heteroatoms. The fourth-order valence-electron chi connectivity index (χ4n) is 2.87. The lowest BCUT2D eigenvalue weighted by atomic mass is 10.1. The summed E-state index contributed by atoms with van der Waals surface area (Å²) in [5.41, 5.74) is 2.87. The molecule has 0 unspecified atom stereocenters. The van der Waals surface area contributed by atoms with Gasteiger partial charge in [-0.1, -0.05) is 11.8 Å². The molecule has 0 saturated carbocycles. The van der Waals surface area contributed by atoms with Crippen LogP contribution in [0, 0.1) is 0 Å². The molecule has 3 aromatic rings. The molecule has 0 bridgehead atoms. The lowest BCUT2D eigenvalue weighted by Gasteiger charge is -2.14. The van der Waals surface area contributed by atoms with Crippen LogP contribution in [0.3, 0.4) is 0 Å². The summed E-state index contributed by atoms with van der Waals surface area (Å²) in [7, 11) is 1.65. The van der Waals surface area contributed by atoms with Gasteiger partial charge in [0.15, 0.2) is 17.3 Å². The molecule has 130 valence electrons. The van der Waals surface area contributed by atoms with E-state index >= 15 is 0 Å². The summed E-state index contributed by atoms with van der Waals surface area (Å²) in [4.78, 5) is 0. The average Bonchev–Trinajstić information content (AvgIpc) is 3.33. The Balaban J connectivity index is 1.54. The Labute approximate surface area is 153 Å². The van der Waals surface area contributed by atoms with Crippen molar-refractivity contribution in [1.82, 2.24) is 14.9 Å². The fourth-order valence-corrected chi connectivity index (χ4v) is 3.70. The quantitative estimate of drug-likeness (QED) is 0.710. The van der Waals surface area contributed by atoms with Gasteiger partial charge in [-0.05, 0) is 42.5 Å². The first-order chi connectivity index (χ1) is 12.8. The standard InChI is InChI=1S/C18H14N4O3S/c1-23-13-5-2-11(3-6-13)17-19-20-18-22(17)21-14(9-26-18)12-4-7-15-16(8-12)25-10-24-15/h2-8H,9-10H2,1H3. The van der Waals surface area contributed by atoms with Crippen molar-refractivity contribution >= 4 is 17.5 Å². The van der Waals surface area contributed by atoms with E-state index in [2.05, 4.69) is 10.2 Å². The highest BCUT2D eigenvalue weighted by Crippen LogP contribution is 2.34. The summed E-state index contributed by atoms with van der Waals surface area (Å²) in [5, 5.41) is 14.1. The number of rotatable bonds is 3. The average molecular weight is 366 g/mol. The van der Waals surface area contributed by atoms with E-state index in [-0.39, 0.29) is 6.79 Å². The van der Waals surface area contributed by atoms with Gasteiger partial charge in [-0.2, -0.15) is 9.78 Å². The second-order valence-electron chi connectivity index (χ2n) is 5.75. The van der Waals surface area contributed by atoms with Crippen molar-refractivity contribution in [2.24, 2.45) is 5.10 Å². The van der Waals surface area contributed by atoms with Crippen LogP contribution in [0.25, 0.3) is 11.4 Å². The van der Waals surface area contributed by atoms with Crippen molar-refractivity contribution in [3.63, 3.8) is 0 Å². The van der Waals surface area contributed by atoms with Gasteiger partial charge in [0.05, 0.1) is 12.8 Å². The third kappa shape index (κ3) is 2.50. The van der Waals surface area contributed by atoms with E-state index in [1.807, 2.05) is 42.5 Å². The van der Waals surface area contributed by atoms with Gasteiger partial charge in [0.1, 0.15) is 5.75 Å². The number of hydrogen-bond acceptors (Lipinski definition) is 7. The summed E-state index contributed by atoms with van der Waals surface area (Å²) in [6.45, 7) is 0.261. The molecule has 5 rings (SSSR count). The molecule has 26 heavy (non-hydrogen) atoms. The van der Waals surface area contributed by atoms with Crippen molar-refractivity contribution in [3.05, 3.63) is 48.0 Å². The third-order valence-electron chi connectivity index (χ3n) is 4.22. The Kier molecular flexibility index (Phi) is 3.56. The van der Waals surface area contributed by atoms with Crippen molar-refractivity contribution in [3.8, 4) is 28.6 Å². The van der Waals surface area contributed by atoms with Crippen LogP contribution in [-0.2, 0) is 0 Å². The normalized spacial score (nSPS) is 14.7. The van der Waals surface area contributed by atoms with Crippen LogP contribution in [0.15, 0.2) is 52.7 Å². The molecule has 2 aliphatic rings. The first kappa shape index (κ1) is 15.3. The van der Waals surface area contributed by atoms with E-state index in [0.717, 1.165) is 45.0 Å². The number of aromatic nitrogens is 3. The van der Waals surface area contributed by atoms with Crippen molar-refractivity contribution in [2.75, 3.05) is 19.7 Å². The number of thioether (sulfide) groups is 1. The molecule has 0 N–H and O–H groups in total. The zero-order valence-electron chi connectivity index (χ0n) is 13.9. The van der Waals surface area contributed by atoms with Crippen molar-refractivity contribution < 1.29 is 14.2 Å². The first-order valence-corrected chi connectivity index (χ1v) is 9.01. The lowest BCUT2D eigenvalue weighted by Crippen LogP contribution is -2.13. The Bertz CT molecular complexity index is 1010. The van der Waals surface area contributed by atoms with Gasteiger partial charge in [0.25, 0.3) is 0 Å². The Hall–Kier alpha value is -3.00. The maximum atomic E-state index is 5.47. The van der Waals surface area contributed by atoms with Gasteiger partial charge in [0.2, 0.25) is 11.9 Å². The molecule has 0 aliphatic carbocycles. The minimum absolute atomic E-state index is 0.261. The highest BCUT2D eigenvalue weighted by atomic mass is 32.2. The Morgan fingerprint density at radius 3 is 2.65 bits per heavy atom. The highest BCUT2D eigenvalue weighted by Gasteiger charge is 2.22. The molecule has 0 fully saturated rings. The summed E-state index contributed by atoms with van der Waals surface area (Å²) in [6.07, 6.45) is 0. The van der Waals surface area contributed by atoms with Gasteiger partial charge >= 0.3 is 0 Å². The number of nitrogens with zero attached hydrogens (tertiary/aromatic N) is 4. The number of methoxy groups -OCH3 is 1. The van der Waals surface area contributed by atoms with Gasteiger partial charge in [-0.25, -0.2) is 0 Å². The van der Waals surface area contributed by atoms with Gasteiger partial charge < -0.3 is 14.2 Å². The molecule has 0 amide bonds. The van der Waals surface area contributed by atoms with Crippen LogP contribution in [-0.4, -0.2) is 40.2 Å². The molecule has 2 aliphatic heterocycles. The minimum atomic E-state index is 0.261. The topological polar surface area (TPSA) is 70.8 Å². The van der Waals surface area contributed by atoms with E-state index in [4.69, 9.17) is 19.3 Å². The Morgan fingerprint density at radius 2 is 1.81 bits per heavy atom. The molecule has 1 aromatic heterocycles. The molecule has 0 spiro atoms. The summed E-state index contributed by atoms with van der Waals surface area (Å²) in [5.74, 6) is 3.74. The van der Waals surface area contributed by atoms with E-state index in [0.29, 0.717) is 5.82 Å². The maximum Gasteiger partial charge on any atom is 0.231 e. The SMILES string of the molecule is COc1ccc(-c2nnc3n2N=C(c2ccc4c(c2)OCO4)CS3)cc1. The van der Waals surface area contributed by atoms with Crippen molar-refractivity contribution in [1.29, 1.82) is 0 Å². The van der Waals surface area contributed by atoms with E-state index < -0.39 is 0 Å². The van der Waals surface area contributed by atoms with Gasteiger partial charge in [-0.3, -0.25) is 0 Å². The number of benzene rings is 2. The first-order valence-electron chi connectivity index (χ1n) is 8.02. The van der Waals surface area contributed by atoms with Crippen LogP contribution in [0.1, 0.15) is 5.56 Å². The molecule has 0 radical (unpaired) electrons. The molecule has 3 heterocycles. The minimum Gasteiger partial charge on any atom is -0.497 e. The van der Waals surface area contributed by atoms with Crippen molar-refractivity contribution in [2.45, 2.75) is 5.16 Å². The molecule has 0 saturated heterocycles. The zero-order valence-corrected chi connectivity index (χ0v) is 14.7. The van der Waals surface area contributed by atoms with Crippen LogP contribution in [0.4, 0.5) is 0 Å². The highest BCUT2D eigenvalue weighted by molar-refractivity contribution is 7.99. The van der Waals surface area contributed by atoms with Crippen LogP contribution in [0.2, 0.25) is 0 Å². The third-order valence-corrected chi connectivity index (χ3v) is 5.16. The fraction of sp³-hybridized carbons (Fsp3) is 0.167. The number of hydrogen-bond donors (Lipinski definition) is 0. The van der Waals surface area contributed by atoms with Crippen LogP contribution in [0.5, 0.6) is 17.2 Å². The smallest absolute Gasteiger partial charge is 0.231 e. The maximum absolute atomic E-state index is 5.47. The predicted octanol–water partition coefficient (Wildman–Crippen LogP) is 3.04. The van der Waals surface area contributed by atoms with Crippen LogP contribution < -0.4 is 14.2 Å². The summed E-state index contributed by atoms with van der Waals surface area (Å²) >= 11 is 1.61. The van der Waals surface area contributed by atoms with E-state index in [1.165, 1.54) is 0 Å². The van der Waals surface area contributed by atoms with Gasteiger partial charge in [0, 0.05) is 16.9 Å². The summed E-state index contributed by atoms with van der Waals surface area (Å²) in [6, 6.07) is 13.6.